The van der Waals surface area contributed by atoms with Crippen LogP contribution < -0.4 is 4.74 Å². The normalized spacial score (nSPS) is 10.7. The molecule has 0 atom stereocenters. The first-order chi connectivity index (χ1) is 8.51. The molecular weight excluding hydrogens is 371 g/mol. The van der Waals surface area contributed by atoms with Crippen molar-refractivity contribution < 1.29 is 13.5 Å². The van der Waals surface area contributed by atoms with Crippen LogP contribution in [0.25, 0.3) is 0 Å². The fourth-order valence-corrected chi connectivity index (χ4v) is 2.88. The quantitative estimate of drug-likeness (QED) is 0.532. The molecule has 1 aromatic heterocycles. The van der Waals surface area contributed by atoms with E-state index < -0.39 is 11.6 Å². The minimum Gasteiger partial charge on any atom is -0.428 e. The molecule has 0 aliphatic heterocycles. The van der Waals surface area contributed by atoms with Gasteiger partial charge in [-0.1, -0.05) is 38.9 Å². The van der Waals surface area contributed by atoms with Crippen molar-refractivity contribution in [2.24, 2.45) is 0 Å². The van der Waals surface area contributed by atoms with Gasteiger partial charge in [-0.2, -0.15) is 9.37 Å². The minimum absolute atomic E-state index is 0.104. The molecule has 0 spiro atoms. The molecule has 2 nitrogen and oxygen atoms in total. The van der Waals surface area contributed by atoms with Gasteiger partial charge in [-0.25, -0.2) is 4.39 Å². The van der Waals surface area contributed by atoms with Crippen molar-refractivity contribution in [3.05, 3.63) is 38.3 Å². The number of aromatic nitrogens is 1. The second kappa shape index (κ2) is 5.69. The van der Waals surface area contributed by atoms with Gasteiger partial charge in [0.25, 0.3) is 5.19 Å². The number of benzene rings is 1. The number of hydrogen-bond donors (Lipinski definition) is 0. The van der Waals surface area contributed by atoms with Gasteiger partial charge >= 0.3 is 0 Å². The number of ether oxygens (including phenoxy) is 1. The van der Waals surface area contributed by atoms with Crippen molar-refractivity contribution in [1.29, 1.82) is 0 Å². The third-order valence-corrected chi connectivity index (χ3v) is 4.15. The SMILES string of the molecule is Fc1cc(Br)cc(Oc2nc(Cl)c(CCl)s2)c1F. The summed E-state index contributed by atoms with van der Waals surface area (Å²) in [6, 6.07) is 2.30. The molecule has 0 aliphatic rings. The molecule has 0 saturated carbocycles. The molecule has 1 heterocycles. The summed E-state index contributed by atoms with van der Waals surface area (Å²) in [4.78, 5) is 4.45. The molecule has 2 rings (SSSR count). The molecule has 0 aliphatic carbocycles. The predicted octanol–water partition coefficient (Wildman–Crippen LogP) is 5.37. The summed E-state index contributed by atoms with van der Waals surface area (Å²) in [5.74, 6) is -2.19. The van der Waals surface area contributed by atoms with Crippen molar-refractivity contribution in [1.82, 2.24) is 4.98 Å². The fraction of sp³-hybridized carbons (Fsp3) is 0.100. The van der Waals surface area contributed by atoms with Crippen LogP contribution in [0.15, 0.2) is 16.6 Å². The lowest BCUT2D eigenvalue weighted by molar-refractivity contribution is 0.413. The Kier molecular flexibility index (Phi) is 4.42. The molecule has 2 aromatic rings. The van der Waals surface area contributed by atoms with Gasteiger partial charge in [0.2, 0.25) is 5.82 Å². The van der Waals surface area contributed by atoms with Crippen LogP contribution in [0.5, 0.6) is 10.9 Å². The highest BCUT2D eigenvalue weighted by atomic mass is 79.9. The van der Waals surface area contributed by atoms with Gasteiger partial charge in [-0.05, 0) is 12.1 Å². The minimum atomic E-state index is -1.09. The van der Waals surface area contributed by atoms with Crippen molar-refractivity contribution >= 4 is 50.5 Å². The van der Waals surface area contributed by atoms with Crippen LogP contribution in [0, 0.1) is 11.6 Å². The van der Waals surface area contributed by atoms with E-state index in [0.29, 0.717) is 9.35 Å². The Balaban J connectivity index is 2.33. The van der Waals surface area contributed by atoms with Gasteiger partial charge in [0.05, 0.1) is 10.8 Å². The van der Waals surface area contributed by atoms with E-state index in [0.717, 1.165) is 17.4 Å². The zero-order valence-corrected chi connectivity index (χ0v) is 12.4. The first-order valence-electron chi connectivity index (χ1n) is 4.55. The van der Waals surface area contributed by atoms with Crippen LogP contribution in [-0.4, -0.2) is 4.98 Å². The van der Waals surface area contributed by atoms with Crippen LogP contribution >= 0.6 is 50.5 Å². The maximum Gasteiger partial charge on any atom is 0.280 e. The summed E-state index contributed by atoms with van der Waals surface area (Å²) in [5, 5.41) is 0.299. The van der Waals surface area contributed by atoms with E-state index in [4.69, 9.17) is 27.9 Å². The molecule has 18 heavy (non-hydrogen) atoms. The monoisotopic (exact) mass is 373 g/mol. The number of halogens is 5. The second-order valence-electron chi connectivity index (χ2n) is 3.13. The van der Waals surface area contributed by atoms with Crippen LogP contribution in [0.3, 0.4) is 0 Å². The van der Waals surface area contributed by atoms with E-state index >= 15 is 0 Å². The first kappa shape index (κ1) is 14.0. The van der Waals surface area contributed by atoms with Crippen molar-refractivity contribution in [3.8, 4) is 10.9 Å². The number of rotatable bonds is 3. The van der Waals surface area contributed by atoms with Gasteiger partial charge < -0.3 is 4.74 Å². The van der Waals surface area contributed by atoms with Gasteiger partial charge in [0.1, 0.15) is 5.15 Å². The van der Waals surface area contributed by atoms with Crippen LogP contribution in [0.2, 0.25) is 5.15 Å². The number of alkyl halides is 1. The lowest BCUT2D eigenvalue weighted by Gasteiger charge is -2.04. The molecule has 0 N–H and O–H groups in total. The highest BCUT2D eigenvalue weighted by molar-refractivity contribution is 9.10. The maximum absolute atomic E-state index is 13.5. The topological polar surface area (TPSA) is 22.1 Å². The molecule has 0 amide bonds. The largest absolute Gasteiger partial charge is 0.428 e. The summed E-state index contributed by atoms with van der Waals surface area (Å²) < 4.78 is 32.1. The second-order valence-corrected chi connectivity index (χ2v) is 5.72. The maximum atomic E-state index is 13.5. The van der Waals surface area contributed by atoms with Crippen molar-refractivity contribution in [3.63, 3.8) is 0 Å². The molecular formula is C10H4BrCl2F2NOS. The molecule has 96 valence electrons. The first-order valence-corrected chi connectivity index (χ1v) is 7.07. The van der Waals surface area contributed by atoms with Gasteiger partial charge in [-0.15, -0.1) is 11.6 Å². The average Bonchev–Trinajstić information content (AvgIpc) is 2.65. The summed E-state index contributed by atoms with van der Waals surface area (Å²) >= 11 is 15.5. The van der Waals surface area contributed by atoms with Gasteiger partial charge in [0.15, 0.2) is 11.6 Å². The smallest absolute Gasteiger partial charge is 0.280 e. The molecule has 0 unspecified atom stereocenters. The zero-order valence-electron chi connectivity index (χ0n) is 8.52. The summed E-state index contributed by atoms with van der Waals surface area (Å²) in [5.41, 5.74) is 0. The Morgan fingerprint density at radius 1 is 1.39 bits per heavy atom. The molecule has 0 fully saturated rings. The summed E-state index contributed by atoms with van der Waals surface area (Å²) in [6.45, 7) is 0. The van der Waals surface area contributed by atoms with Gasteiger partial charge in [-0.3, -0.25) is 0 Å². The van der Waals surface area contributed by atoms with E-state index in [2.05, 4.69) is 20.9 Å². The summed E-state index contributed by atoms with van der Waals surface area (Å²) in [6.07, 6.45) is 0. The fourth-order valence-electron chi connectivity index (χ4n) is 1.14. The van der Waals surface area contributed by atoms with E-state index in [1.807, 2.05) is 0 Å². The zero-order chi connectivity index (χ0) is 13.3. The third kappa shape index (κ3) is 2.93. The highest BCUT2D eigenvalue weighted by Crippen LogP contribution is 2.35. The lowest BCUT2D eigenvalue weighted by Crippen LogP contribution is -1.91. The van der Waals surface area contributed by atoms with E-state index in [1.165, 1.54) is 6.07 Å². The van der Waals surface area contributed by atoms with Crippen LogP contribution in [0.4, 0.5) is 8.78 Å². The number of hydrogen-bond acceptors (Lipinski definition) is 3. The summed E-state index contributed by atoms with van der Waals surface area (Å²) in [7, 11) is 0. The van der Waals surface area contributed by atoms with E-state index in [1.54, 1.807) is 0 Å². The molecule has 8 heteroatoms. The van der Waals surface area contributed by atoms with Gasteiger partial charge in [0, 0.05) is 4.47 Å². The Morgan fingerprint density at radius 3 is 2.72 bits per heavy atom. The Morgan fingerprint density at radius 2 is 2.11 bits per heavy atom. The van der Waals surface area contributed by atoms with Crippen LogP contribution in [-0.2, 0) is 5.88 Å². The lowest BCUT2D eigenvalue weighted by atomic mass is 10.3. The van der Waals surface area contributed by atoms with Crippen molar-refractivity contribution in [2.45, 2.75) is 5.88 Å². The molecule has 0 bridgehead atoms. The van der Waals surface area contributed by atoms with Crippen LogP contribution in [0.1, 0.15) is 4.88 Å². The highest BCUT2D eigenvalue weighted by Gasteiger charge is 2.15. The standard InChI is InChI=1S/C10H4BrCl2F2NOS/c11-4-1-5(14)8(15)6(2-4)17-10-16-9(13)7(3-12)18-10/h1-2H,3H2. The Bertz CT molecular complexity index is 593. The molecule has 0 saturated heterocycles. The Hall–Kier alpha value is -0.430. The van der Waals surface area contributed by atoms with E-state index in [-0.39, 0.29) is 22.0 Å². The average molecular weight is 375 g/mol. The molecule has 0 radical (unpaired) electrons. The predicted molar refractivity (Wildman–Crippen MR) is 70.8 cm³/mol. The third-order valence-electron chi connectivity index (χ3n) is 1.91. The number of nitrogens with zero attached hydrogens (tertiary/aromatic N) is 1. The van der Waals surface area contributed by atoms with Crippen molar-refractivity contribution in [2.75, 3.05) is 0 Å². The number of thiazole rings is 1. The van der Waals surface area contributed by atoms with E-state index in [9.17, 15) is 8.78 Å². The molecule has 1 aromatic carbocycles. The Labute approximate surface area is 124 Å².